The van der Waals surface area contributed by atoms with Crippen molar-refractivity contribution in [1.82, 2.24) is 24.8 Å². The molecule has 7 nitrogen and oxygen atoms in total. The maximum Gasteiger partial charge on any atom is 0.279 e. The van der Waals surface area contributed by atoms with Gasteiger partial charge < -0.3 is 14.2 Å². The Hall–Kier alpha value is -2.25. The summed E-state index contributed by atoms with van der Waals surface area (Å²) in [6.07, 6.45) is 3.21. The van der Waals surface area contributed by atoms with Gasteiger partial charge >= 0.3 is 0 Å². The van der Waals surface area contributed by atoms with Crippen molar-refractivity contribution >= 4 is 10.9 Å². The van der Waals surface area contributed by atoms with Crippen LogP contribution >= 0.6 is 0 Å². The molecule has 150 valence electrons. The van der Waals surface area contributed by atoms with E-state index in [9.17, 15) is 0 Å². The lowest BCUT2D eigenvalue weighted by atomic mass is 9.96. The number of hydrogen-bond donors (Lipinski definition) is 0. The van der Waals surface area contributed by atoms with E-state index in [1.807, 2.05) is 16.8 Å². The molecule has 0 N–H and O–H groups in total. The minimum Gasteiger partial charge on any atom is -0.385 e. The van der Waals surface area contributed by atoms with E-state index in [1.165, 1.54) is 0 Å². The average molecular weight is 383 g/mol. The summed E-state index contributed by atoms with van der Waals surface area (Å²) >= 11 is 0. The maximum absolute atomic E-state index is 5.64. The number of benzene rings is 1. The van der Waals surface area contributed by atoms with Crippen LogP contribution in [-0.2, 0) is 4.74 Å². The maximum atomic E-state index is 5.64. The fourth-order valence-electron chi connectivity index (χ4n) is 3.98. The lowest BCUT2D eigenvalue weighted by Crippen LogP contribution is -2.34. The molecule has 0 amide bonds. The molecule has 0 bridgehead atoms. The van der Waals surface area contributed by atoms with Gasteiger partial charge in [-0.05, 0) is 52.3 Å². The van der Waals surface area contributed by atoms with Crippen molar-refractivity contribution < 1.29 is 9.26 Å². The predicted molar refractivity (Wildman–Crippen MR) is 108 cm³/mol. The van der Waals surface area contributed by atoms with Gasteiger partial charge in [0.2, 0.25) is 0 Å². The molecule has 0 radical (unpaired) electrons. The van der Waals surface area contributed by atoms with Gasteiger partial charge in [0.15, 0.2) is 11.5 Å². The zero-order chi connectivity index (χ0) is 19.5. The van der Waals surface area contributed by atoms with Crippen molar-refractivity contribution in [2.45, 2.75) is 45.1 Å². The Morgan fingerprint density at radius 1 is 1.21 bits per heavy atom. The molecule has 7 heteroatoms. The van der Waals surface area contributed by atoms with E-state index in [0.29, 0.717) is 11.8 Å². The molecule has 2 aromatic heterocycles. The largest absolute Gasteiger partial charge is 0.385 e. The standard InChI is InChI=1S/C21H29N5O2/c1-15(2)26-18-8-5-4-7-17(18)19(23-26)21-22-20(24-28-21)16-9-12-25(13-10-16)11-6-14-27-3/h4-5,7-8,15-16H,6,9-14H2,1-3H3. The van der Waals surface area contributed by atoms with E-state index in [2.05, 4.69) is 36.0 Å². The fraction of sp³-hybridized carbons (Fsp3) is 0.571. The summed E-state index contributed by atoms with van der Waals surface area (Å²) < 4.78 is 12.8. The molecule has 28 heavy (non-hydrogen) atoms. The Morgan fingerprint density at radius 3 is 2.75 bits per heavy atom. The minimum atomic E-state index is 0.267. The first-order valence-electron chi connectivity index (χ1n) is 10.2. The quantitative estimate of drug-likeness (QED) is 0.577. The molecule has 1 saturated heterocycles. The molecule has 0 atom stereocenters. The fourth-order valence-corrected chi connectivity index (χ4v) is 3.98. The highest BCUT2D eigenvalue weighted by Crippen LogP contribution is 2.31. The monoisotopic (exact) mass is 383 g/mol. The topological polar surface area (TPSA) is 69.2 Å². The van der Waals surface area contributed by atoms with Gasteiger partial charge in [-0.3, -0.25) is 4.68 Å². The number of likely N-dealkylation sites (tertiary alicyclic amines) is 1. The predicted octanol–water partition coefficient (Wildman–Crippen LogP) is 3.88. The number of rotatable bonds is 7. The van der Waals surface area contributed by atoms with E-state index in [0.717, 1.165) is 67.9 Å². The summed E-state index contributed by atoms with van der Waals surface area (Å²) in [5.41, 5.74) is 1.87. The van der Waals surface area contributed by atoms with Gasteiger partial charge in [0.1, 0.15) is 0 Å². The van der Waals surface area contributed by atoms with Gasteiger partial charge in [-0.1, -0.05) is 23.4 Å². The number of ether oxygens (including phenoxy) is 1. The van der Waals surface area contributed by atoms with E-state index in [-0.39, 0.29) is 6.04 Å². The Labute approximate surface area is 165 Å². The van der Waals surface area contributed by atoms with Crippen LogP contribution in [0.1, 0.15) is 50.9 Å². The van der Waals surface area contributed by atoms with Crippen molar-refractivity contribution in [2.75, 3.05) is 33.4 Å². The second-order valence-corrected chi connectivity index (χ2v) is 7.82. The van der Waals surface area contributed by atoms with Gasteiger partial charge in [-0.15, -0.1) is 0 Å². The summed E-state index contributed by atoms with van der Waals surface area (Å²) in [7, 11) is 1.76. The highest BCUT2D eigenvalue weighted by Gasteiger charge is 2.26. The number of hydrogen-bond acceptors (Lipinski definition) is 6. The molecule has 1 aromatic carbocycles. The van der Waals surface area contributed by atoms with Crippen molar-refractivity contribution in [2.24, 2.45) is 0 Å². The molecule has 0 saturated carbocycles. The van der Waals surface area contributed by atoms with Crippen LogP contribution in [0.4, 0.5) is 0 Å². The molecule has 3 heterocycles. The molecular formula is C21H29N5O2. The molecule has 0 spiro atoms. The highest BCUT2D eigenvalue weighted by atomic mass is 16.5. The number of fused-ring (bicyclic) bond motifs is 1. The second kappa shape index (κ2) is 8.41. The highest BCUT2D eigenvalue weighted by molar-refractivity contribution is 5.91. The van der Waals surface area contributed by atoms with Gasteiger partial charge in [-0.25, -0.2) is 0 Å². The number of para-hydroxylation sites is 1. The Morgan fingerprint density at radius 2 is 2.00 bits per heavy atom. The first-order valence-corrected chi connectivity index (χ1v) is 10.2. The summed E-state index contributed by atoms with van der Waals surface area (Å²) in [6.45, 7) is 8.32. The summed E-state index contributed by atoms with van der Waals surface area (Å²) in [4.78, 5) is 7.23. The van der Waals surface area contributed by atoms with Crippen molar-refractivity contribution in [3.05, 3.63) is 30.1 Å². The molecule has 1 fully saturated rings. The molecule has 1 aliphatic rings. The smallest absolute Gasteiger partial charge is 0.279 e. The van der Waals surface area contributed by atoms with Crippen LogP contribution in [0.3, 0.4) is 0 Å². The van der Waals surface area contributed by atoms with Crippen molar-refractivity contribution in [1.29, 1.82) is 0 Å². The van der Waals surface area contributed by atoms with E-state index in [4.69, 9.17) is 19.3 Å². The third kappa shape index (κ3) is 3.82. The van der Waals surface area contributed by atoms with Gasteiger partial charge in [0.25, 0.3) is 5.89 Å². The Kier molecular flexibility index (Phi) is 5.73. The average Bonchev–Trinajstić information content (AvgIpc) is 3.34. The lowest BCUT2D eigenvalue weighted by molar-refractivity contribution is 0.156. The second-order valence-electron chi connectivity index (χ2n) is 7.82. The van der Waals surface area contributed by atoms with Gasteiger partial charge in [-0.2, -0.15) is 10.1 Å². The van der Waals surface area contributed by atoms with E-state index < -0.39 is 0 Å². The third-order valence-electron chi connectivity index (χ3n) is 5.52. The van der Waals surface area contributed by atoms with Crippen molar-refractivity contribution in [3.8, 4) is 11.6 Å². The van der Waals surface area contributed by atoms with Crippen LogP contribution in [-0.4, -0.2) is 58.2 Å². The van der Waals surface area contributed by atoms with Crippen LogP contribution in [0.25, 0.3) is 22.5 Å². The zero-order valence-electron chi connectivity index (χ0n) is 17.0. The molecule has 1 aliphatic heterocycles. The third-order valence-corrected chi connectivity index (χ3v) is 5.52. The van der Waals surface area contributed by atoms with Crippen LogP contribution in [0.5, 0.6) is 0 Å². The summed E-state index contributed by atoms with van der Waals surface area (Å²) in [6, 6.07) is 8.48. The number of aromatic nitrogens is 4. The first-order chi connectivity index (χ1) is 13.7. The molecule has 0 unspecified atom stereocenters. The number of nitrogens with zero attached hydrogens (tertiary/aromatic N) is 5. The summed E-state index contributed by atoms with van der Waals surface area (Å²) in [5.74, 6) is 1.69. The lowest BCUT2D eigenvalue weighted by Gasteiger charge is -2.30. The Balaban J connectivity index is 1.49. The summed E-state index contributed by atoms with van der Waals surface area (Å²) in [5, 5.41) is 10.1. The van der Waals surface area contributed by atoms with Crippen LogP contribution in [0.15, 0.2) is 28.8 Å². The van der Waals surface area contributed by atoms with Gasteiger partial charge in [0.05, 0.1) is 5.52 Å². The SMILES string of the molecule is COCCCN1CCC(c2noc(-c3nn(C(C)C)c4ccccc34)n2)CC1. The minimum absolute atomic E-state index is 0.267. The van der Waals surface area contributed by atoms with Gasteiger partial charge in [0, 0.05) is 37.6 Å². The number of methoxy groups -OCH3 is 1. The zero-order valence-corrected chi connectivity index (χ0v) is 17.0. The van der Waals surface area contributed by atoms with Crippen LogP contribution in [0, 0.1) is 0 Å². The van der Waals surface area contributed by atoms with Crippen LogP contribution < -0.4 is 0 Å². The molecule has 4 rings (SSSR count). The molecular weight excluding hydrogens is 354 g/mol. The number of piperidine rings is 1. The normalized spacial score (nSPS) is 16.4. The molecule has 0 aliphatic carbocycles. The molecule has 3 aromatic rings. The first kappa shape index (κ1) is 19.1. The van der Waals surface area contributed by atoms with E-state index >= 15 is 0 Å². The Bertz CT molecular complexity index is 909. The van der Waals surface area contributed by atoms with Crippen LogP contribution in [0.2, 0.25) is 0 Å². The van der Waals surface area contributed by atoms with Crippen molar-refractivity contribution in [3.63, 3.8) is 0 Å². The van der Waals surface area contributed by atoms with E-state index in [1.54, 1.807) is 7.11 Å².